The molecule has 3 aliphatic rings. The topological polar surface area (TPSA) is 0 Å². The van der Waals surface area contributed by atoms with Gasteiger partial charge in [0.2, 0.25) is 0 Å². The molecule has 0 spiro atoms. The second kappa shape index (κ2) is 1.86. The third-order valence-electron chi connectivity index (χ3n) is 3.37. The van der Waals surface area contributed by atoms with Gasteiger partial charge in [-0.3, -0.25) is 0 Å². The maximum Gasteiger partial charge on any atom is 0.484 e. The zero-order chi connectivity index (χ0) is 10.1. The number of alkyl halides is 3. The summed E-state index contributed by atoms with van der Waals surface area (Å²) in [6, 6.07) is 0. The van der Waals surface area contributed by atoms with Gasteiger partial charge in [0.25, 0.3) is 0 Å². The molecule has 0 aromatic heterocycles. The van der Waals surface area contributed by atoms with E-state index in [0.717, 1.165) is 0 Å². The Labute approximate surface area is 70.4 Å². The summed E-state index contributed by atoms with van der Waals surface area (Å²) in [5.41, 5.74) is -1.98. The largest absolute Gasteiger partial charge is 0.484 e. The fourth-order valence-corrected chi connectivity index (χ4v) is 2.51. The summed E-state index contributed by atoms with van der Waals surface area (Å²) in [5, 5.41) is -1.94. The lowest BCUT2D eigenvalue weighted by molar-refractivity contribution is -0.324. The first-order valence-electron chi connectivity index (χ1n) is 3.88. The summed E-state index contributed by atoms with van der Waals surface area (Å²) >= 11 is 0. The van der Waals surface area contributed by atoms with Crippen molar-refractivity contribution in [3.63, 3.8) is 0 Å². The van der Waals surface area contributed by atoms with E-state index < -0.39 is 43.1 Å². The molecule has 76 valence electrons. The van der Waals surface area contributed by atoms with E-state index in [2.05, 4.69) is 0 Å². The standard InChI is InChI=1S/C6H6BF6/c8-6(9,10)4-1-5(2-4,3-4)7(11,12)13/h1-3H2/q-1. The van der Waals surface area contributed by atoms with Crippen molar-refractivity contribution in [2.45, 2.75) is 30.8 Å². The van der Waals surface area contributed by atoms with Crippen LogP contribution in [0.4, 0.5) is 26.1 Å². The lowest BCUT2D eigenvalue weighted by Crippen LogP contribution is -2.70. The molecule has 0 amide bonds. The number of halogens is 6. The minimum absolute atomic E-state index is 0.729. The van der Waals surface area contributed by atoms with Gasteiger partial charge >= 0.3 is 13.2 Å². The van der Waals surface area contributed by atoms with E-state index >= 15 is 0 Å². The zero-order valence-electron chi connectivity index (χ0n) is 6.47. The first-order chi connectivity index (χ1) is 5.62. The molecule has 0 unspecified atom stereocenters. The Morgan fingerprint density at radius 3 is 1.54 bits per heavy atom. The van der Waals surface area contributed by atoms with E-state index in [9.17, 15) is 26.1 Å². The lowest BCUT2D eigenvalue weighted by Gasteiger charge is -2.74. The Kier molecular flexibility index (Phi) is 1.32. The normalized spacial score (nSPS) is 43.8. The average molecular weight is 203 g/mol. The summed E-state index contributed by atoms with van der Waals surface area (Å²) in [4.78, 5) is 0. The van der Waals surface area contributed by atoms with Crippen molar-refractivity contribution in [1.29, 1.82) is 0 Å². The second-order valence-corrected chi connectivity index (χ2v) is 4.25. The van der Waals surface area contributed by atoms with E-state index in [1.807, 2.05) is 0 Å². The zero-order valence-corrected chi connectivity index (χ0v) is 6.47. The Morgan fingerprint density at radius 1 is 0.923 bits per heavy atom. The Morgan fingerprint density at radius 2 is 1.31 bits per heavy atom. The predicted molar refractivity (Wildman–Crippen MR) is 34.1 cm³/mol. The van der Waals surface area contributed by atoms with E-state index in [1.54, 1.807) is 0 Å². The molecule has 0 heterocycles. The van der Waals surface area contributed by atoms with Gasteiger partial charge in [0.05, 0.1) is 5.41 Å². The van der Waals surface area contributed by atoms with Crippen molar-refractivity contribution in [3.05, 3.63) is 0 Å². The van der Waals surface area contributed by atoms with Crippen molar-refractivity contribution < 1.29 is 26.1 Å². The van der Waals surface area contributed by atoms with Crippen molar-refractivity contribution >= 4 is 6.98 Å². The Bertz CT molecular complexity index is 207. The highest BCUT2D eigenvalue weighted by Crippen LogP contribution is 2.86. The van der Waals surface area contributed by atoms with E-state index in [4.69, 9.17) is 0 Å². The average Bonchev–Trinajstić information content (AvgIpc) is 1.41. The van der Waals surface area contributed by atoms with Gasteiger partial charge in [0.1, 0.15) is 0 Å². The summed E-state index contributed by atoms with van der Waals surface area (Å²) in [6.07, 6.45) is -6.64. The molecule has 7 heteroatoms. The van der Waals surface area contributed by atoms with Crippen LogP contribution in [-0.2, 0) is 0 Å². The van der Waals surface area contributed by atoms with Gasteiger partial charge in [-0.15, -0.1) is 0 Å². The molecule has 3 aliphatic carbocycles. The minimum Gasteiger partial charge on any atom is -0.449 e. The van der Waals surface area contributed by atoms with Crippen LogP contribution in [0.25, 0.3) is 0 Å². The highest BCUT2D eigenvalue weighted by molar-refractivity contribution is 6.63. The second-order valence-electron chi connectivity index (χ2n) is 4.25. The molecule has 2 bridgehead atoms. The fourth-order valence-electron chi connectivity index (χ4n) is 2.51. The molecule has 3 saturated carbocycles. The van der Waals surface area contributed by atoms with Crippen LogP contribution >= 0.6 is 0 Å². The SMILES string of the molecule is F[B-](F)(F)C12CC(C(F)(F)F)(C1)C2. The predicted octanol–water partition coefficient (Wildman–Crippen LogP) is 3.32. The van der Waals surface area contributed by atoms with E-state index in [-0.39, 0.29) is 0 Å². The van der Waals surface area contributed by atoms with Crippen LogP contribution in [0, 0.1) is 5.41 Å². The van der Waals surface area contributed by atoms with Crippen LogP contribution in [0.15, 0.2) is 0 Å². The maximum absolute atomic E-state index is 12.2. The number of hydrogen-bond donors (Lipinski definition) is 0. The number of rotatable bonds is 1. The van der Waals surface area contributed by atoms with E-state index in [1.165, 1.54) is 0 Å². The van der Waals surface area contributed by atoms with Gasteiger partial charge in [-0.25, -0.2) is 0 Å². The highest BCUT2D eigenvalue weighted by atomic mass is 19.4. The van der Waals surface area contributed by atoms with Gasteiger partial charge in [-0.2, -0.15) is 13.2 Å². The van der Waals surface area contributed by atoms with Gasteiger partial charge in [-0.05, 0) is 0 Å². The molecule has 0 atom stereocenters. The van der Waals surface area contributed by atoms with Gasteiger partial charge in [0.15, 0.2) is 0 Å². The summed E-state index contributed by atoms with van der Waals surface area (Å²) < 4.78 is 72.9. The molecule has 0 aliphatic heterocycles. The van der Waals surface area contributed by atoms with Crippen molar-refractivity contribution in [2.24, 2.45) is 5.41 Å². The molecule has 0 N–H and O–H groups in total. The number of hydrogen-bond acceptors (Lipinski definition) is 0. The molecule has 3 fully saturated rings. The molecule has 0 radical (unpaired) electrons. The van der Waals surface area contributed by atoms with Gasteiger partial charge in [-0.1, -0.05) is 24.6 Å². The molecule has 13 heavy (non-hydrogen) atoms. The molecule has 0 aromatic carbocycles. The van der Waals surface area contributed by atoms with Crippen LogP contribution in [0.5, 0.6) is 0 Å². The third-order valence-corrected chi connectivity index (χ3v) is 3.37. The minimum atomic E-state index is -5.09. The van der Waals surface area contributed by atoms with Crippen molar-refractivity contribution in [2.75, 3.05) is 0 Å². The van der Waals surface area contributed by atoms with Crippen LogP contribution in [0.2, 0.25) is 5.31 Å². The van der Waals surface area contributed by atoms with Crippen LogP contribution in [0.1, 0.15) is 19.3 Å². The molecule has 3 rings (SSSR count). The van der Waals surface area contributed by atoms with Crippen molar-refractivity contribution in [3.8, 4) is 0 Å². The molecule has 0 saturated heterocycles. The molecular weight excluding hydrogens is 197 g/mol. The third kappa shape index (κ3) is 0.853. The summed E-state index contributed by atoms with van der Waals surface area (Å²) in [5.74, 6) is 0. The van der Waals surface area contributed by atoms with Crippen LogP contribution in [-0.4, -0.2) is 13.2 Å². The highest BCUT2D eigenvalue weighted by Gasteiger charge is 2.81. The quantitative estimate of drug-likeness (QED) is 0.452. The monoisotopic (exact) mass is 203 g/mol. The maximum atomic E-state index is 12.2. The summed E-state index contributed by atoms with van der Waals surface area (Å²) in [6.45, 7) is -5.09. The van der Waals surface area contributed by atoms with E-state index in [0.29, 0.717) is 0 Å². The van der Waals surface area contributed by atoms with Gasteiger partial charge in [0, 0.05) is 0 Å². The van der Waals surface area contributed by atoms with Crippen LogP contribution < -0.4 is 0 Å². The van der Waals surface area contributed by atoms with Crippen molar-refractivity contribution in [1.82, 2.24) is 0 Å². The Hall–Kier alpha value is -0.355. The molecular formula is C6H6BF6-. The molecule has 0 nitrogen and oxygen atoms in total. The smallest absolute Gasteiger partial charge is 0.449 e. The fraction of sp³-hybridized carbons (Fsp3) is 1.00. The van der Waals surface area contributed by atoms with Gasteiger partial charge < -0.3 is 12.9 Å². The molecule has 0 aromatic rings. The van der Waals surface area contributed by atoms with Crippen LogP contribution in [0.3, 0.4) is 0 Å². The first kappa shape index (κ1) is 9.21. The Balaban J connectivity index is 2.09. The first-order valence-corrected chi connectivity index (χ1v) is 3.88. The lowest BCUT2D eigenvalue weighted by atomic mass is 9.24. The summed E-state index contributed by atoms with van der Waals surface area (Å²) in [7, 11) is 0.